The van der Waals surface area contributed by atoms with Gasteiger partial charge in [0.05, 0.1) is 23.8 Å². The molecule has 0 fully saturated rings. The largest absolute Gasteiger partial charge is 0.317 e. The molecule has 0 radical (unpaired) electrons. The van der Waals surface area contributed by atoms with E-state index in [-0.39, 0.29) is 6.54 Å². The summed E-state index contributed by atoms with van der Waals surface area (Å²) in [5, 5.41) is 4.07. The van der Waals surface area contributed by atoms with Gasteiger partial charge < -0.3 is 4.57 Å². The first-order valence-electron chi connectivity index (χ1n) is 10.3. The van der Waals surface area contributed by atoms with Crippen molar-refractivity contribution in [2.75, 3.05) is 17.1 Å². The Hall–Kier alpha value is -2.91. The number of halogens is 1. The van der Waals surface area contributed by atoms with Gasteiger partial charge in [-0.05, 0) is 69.2 Å². The number of hydrogen-bond acceptors (Lipinski definition) is 4. The lowest BCUT2D eigenvalue weighted by molar-refractivity contribution is -0.119. The minimum Gasteiger partial charge on any atom is -0.317 e. The van der Waals surface area contributed by atoms with Crippen LogP contribution in [-0.4, -0.2) is 37.9 Å². The molecule has 0 aliphatic heterocycles. The van der Waals surface area contributed by atoms with E-state index < -0.39 is 15.9 Å². The predicted octanol–water partition coefficient (Wildman–Crippen LogP) is 4.39. The second-order valence-corrected chi connectivity index (χ2v) is 10.8. The number of amides is 1. The van der Waals surface area contributed by atoms with Crippen LogP contribution in [0.2, 0.25) is 0 Å². The Morgan fingerprint density at radius 2 is 1.70 bits per heavy atom. The van der Waals surface area contributed by atoms with E-state index in [2.05, 4.69) is 57.0 Å². The molecule has 0 saturated heterocycles. The van der Waals surface area contributed by atoms with Crippen molar-refractivity contribution in [3.63, 3.8) is 0 Å². The molecule has 0 aliphatic rings. The molecule has 0 atom stereocenters. The molecule has 2 aromatic carbocycles. The van der Waals surface area contributed by atoms with Gasteiger partial charge in [-0.3, -0.25) is 9.10 Å². The highest BCUT2D eigenvalue weighted by atomic mass is 79.9. The Kier molecular flexibility index (Phi) is 7.44. The summed E-state index contributed by atoms with van der Waals surface area (Å²) in [6.07, 6.45) is 2.64. The number of aromatic nitrogens is 1. The molecule has 0 unspecified atom stereocenters. The number of anilines is 1. The van der Waals surface area contributed by atoms with Crippen molar-refractivity contribution in [1.29, 1.82) is 0 Å². The summed E-state index contributed by atoms with van der Waals surface area (Å²) in [6, 6.07) is 14.9. The summed E-state index contributed by atoms with van der Waals surface area (Å²) < 4.78 is 28.5. The number of para-hydroxylation sites is 1. The summed E-state index contributed by atoms with van der Waals surface area (Å²) in [6.45, 7) is 7.81. The van der Waals surface area contributed by atoms with E-state index in [1.54, 1.807) is 30.5 Å². The van der Waals surface area contributed by atoms with Crippen molar-refractivity contribution in [2.45, 2.75) is 27.7 Å². The molecule has 7 nitrogen and oxygen atoms in total. The van der Waals surface area contributed by atoms with E-state index in [0.29, 0.717) is 5.69 Å². The number of nitrogens with one attached hydrogen (secondary N) is 1. The van der Waals surface area contributed by atoms with Crippen molar-refractivity contribution in [3.05, 3.63) is 81.1 Å². The highest BCUT2D eigenvalue weighted by molar-refractivity contribution is 9.10. The quantitative estimate of drug-likeness (QED) is 0.363. The molecule has 1 N–H and O–H groups in total. The van der Waals surface area contributed by atoms with E-state index >= 15 is 0 Å². The van der Waals surface area contributed by atoms with Gasteiger partial charge >= 0.3 is 0 Å². The number of sulfonamides is 1. The van der Waals surface area contributed by atoms with Crippen LogP contribution in [0.25, 0.3) is 5.69 Å². The van der Waals surface area contributed by atoms with Crippen molar-refractivity contribution in [2.24, 2.45) is 5.10 Å². The molecule has 0 bridgehead atoms. The number of nitrogens with zero attached hydrogens (tertiary/aromatic N) is 3. The summed E-state index contributed by atoms with van der Waals surface area (Å²) in [5.41, 5.74) is 9.22. The van der Waals surface area contributed by atoms with E-state index in [9.17, 15) is 13.2 Å². The van der Waals surface area contributed by atoms with Gasteiger partial charge in [-0.15, -0.1) is 0 Å². The minimum atomic E-state index is -3.65. The lowest BCUT2D eigenvalue weighted by atomic mass is 10.1. The van der Waals surface area contributed by atoms with Gasteiger partial charge in [0.25, 0.3) is 5.91 Å². The van der Waals surface area contributed by atoms with Crippen LogP contribution in [0.1, 0.15) is 28.1 Å². The Bertz CT molecular complexity index is 1290. The zero-order chi connectivity index (χ0) is 24.3. The van der Waals surface area contributed by atoms with Gasteiger partial charge in [0.1, 0.15) is 6.54 Å². The average Bonchev–Trinajstić information content (AvgIpc) is 3.00. The van der Waals surface area contributed by atoms with Crippen LogP contribution in [0.4, 0.5) is 5.69 Å². The molecule has 0 spiro atoms. The number of aryl methyl sites for hydroxylation is 3. The molecular weight excluding hydrogens is 504 g/mol. The van der Waals surface area contributed by atoms with Crippen molar-refractivity contribution in [3.8, 4) is 5.69 Å². The van der Waals surface area contributed by atoms with Crippen LogP contribution >= 0.6 is 15.9 Å². The van der Waals surface area contributed by atoms with Crippen molar-refractivity contribution in [1.82, 2.24) is 9.99 Å². The SMILES string of the molecule is Cc1cccc(C)c1-n1c(C)cc(/C=N\NC(=O)CN(c2ccc(Br)cc2)S(C)(=O)=O)c1C. The van der Waals surface area contributed by atoms with Crippen molar-refractivity contribution >= 4 is 43.8 Å². The number of hydrogen-bond donors (Lipinski definition) is 1. The van der Waals surface area contributed by atoms with Gasteiger partial charge in [0.15, 0.2) is 0 Å². The molecule has 1 aromatic heterocycles. The number of hydrazone groups is 1. The lowest BCUT2D eigenvalue weighted by Crippen LogP contribution is -2.39. The summed E-state index contributed by atoms with van der Waals surface area (Å²) in [4.78, 5) is 12.5. The van der Waals surface area contributed by atoms with Crippen LogP contribution in [-0.2, 0) is 14.8 Å². The normalized spacial score (nSPS) is 11.7. The summed E-state index contributed by atoms with van der Waals surface area (Å²) >= 11 is 3.32. The fraction of sp³-hybridized carbons (Fsp3) is 0.250. The molecule has 1 amide bonds. The maximum atomic E-state index is 12.5. The molecule has 3 aromatic rings. The maximum Gasteiger partial charge on any atom is 0.260 e. The second-order valence-electron chi connectivity index (χ2n) is 7.94. The average molecular weight is 531 g/mol. The Morgan fingerprint density at radius 3 is 2.27 bits per heavy atom. The highest BCUT2D eigenvalue weighted by Crippen LogP contribution is 2.25. The van der Waals surface area contributed by atoms with Gasteiger partial charge in [0, 0.05) is 21.4 Å². The van der Waals surface area contributed by atoms with Crippen LogP contribution in [0.5, 0.6) is 0 Å². The number of benzene rings is 2. The molecule has 174 valence electrons. The fourth-order valence-corrected chi connectivity index (χ4v) is 4.89. The molecule has 1 heterocycles. The zero-order valence-corrected chi connectivity index (χ0v) is 21.7. The van der Waals surface area contributed by atoms with E-state index in [4.69, 9.17) is 0 Å². The van der Waals surface area contributed by atoms with Crippen molar-refractivity contribution < 1.29 is 13.2 Å². The number of carbonyl (C=O) groups is 1. The second kappa shape index (κ2) is 9.93. The maximum absolute atomic E-state index is 12.5. The Balaban J connectivity index is 1.77. The standard InChI is InChI=1S/C24H27BrN4O3S/c1-16-7-6-8-17(2)24(16)29-18(3)13-20(19(29)4)14-26-27-23(30)15-28(33(5,31)32)22-11-9-21(25)10-12-22/h6-14H,15H2,1-5H3,(H,27,30)/b26-14-. The Morgan fingerprint density at radius 1 is 1.09 bits per heavy atom. The predicted molar refractivity (Wildman–Crippen MR) is 137 cm³/mol. The lowest BCUT2D eigenvalue weighted by Gasteiger charge is -2.21. The van der Waals surface area contributed by atoms with E-state index in [1.807, 2.05) is 26.0 Å². The zero-order valence-electron chi connectivity index (χ0n) is 19.3. The fourth-order valence-electron chi connectivity index (χ4n) is 3.77. The highest BCUT2D eigenvalue weighted by Gasteiger charge is 2.20. The van der Waals surface area contributed by atoms with Crippen LogP contribution in [0.3, 0.4) is 0 Å². The monoisotopic (exact) mass is 530 g/mol. The first-order valence-corrected chi connectivity index (χ1v) is 12.9. The van der Waals surface area contributed by atoms with Gasteiger partial charge in [-0.25, -0.2) is 13.8 Å². The first-order chi connectivity index (χ1) is 15.5. The van der Waals surface area contributed by atoms with Gasteiger partial charge in [0.2, 0.25) is 10.0 Å². The minimum absolute atomic E-state index is 0.376. The molecule has 0 saturated carbocycles. The molecule has 3 rings (SSSR count). The summed E-state index contributed by atoms with van der Waals surface area (Å²) in [5.74, 6) is -0.539. The van der Waals surface area contributed by atoms with Gasteiger partial charge in [-0.2, -0.15) is 5.10 Å². The third-order valence-electron chi connectivity index (χ3n) is 5.33. The van der Waals surface area contributed by atoms with Crippen LogP contribution < -0.4 is 9.73 Å². The Labute approximate surface area is 203 Å². The third kappa shape index (κ3) is 5.72. The molecule has 0 aliphatic carbocycles. The van der Waals surface area contributed by atoms with Crippen LogP contribution in [0.15, 0.2) is 58.1 Å². The van der Waals surface area contributed by atoms with E-state index in [0.717, 1.165) is 37.7 Å². The molecular formula is C24H27BrN4O3S. The number of rotatable bonds is 7. The smallest absolute Gasteiger partial charge is 0.260 e. The van der Waals surface area contributed by atoms with Gasteiger partial charge in [-0.1, -0.05) is 34.1 Å². The van der Waals surface area contributed by atoms with E-state index in [1.165, 1.54) is 11.1 Å². The molecule has 33 heavy (non-hydrogen) atoms. The van der Waals surface area contributed by atoms with Crippen LogP contribution in [0, 0.1) is 27.7 Å². The molecule has 9 heteroatoms. The topological polar surface area (TPSA) is 83.8 Å². The summed E-state index contributed by atoms with van der Waals surface area (Å²) in [7, 11) is -3.65. The third-order valence-corrected chi connectivity index (χ3v) is 7.00. The first kappa shape index (κ1) is 24.7. The number of carbonyl (C=O) groups excluding carboxylic acids is 1.